The van der Waals surface area contributed by atoms with Crippen molar-refractivity contribution in [2.45, 2.75) is 12.6 Å². The van der Waals surface area contributed by atoms with Gasteiger partial charge in [0.05, 0.1) is 25.0 Å². The van der Waals surface area contributed by atoms with Crippen LogP contribution >= 0.6 is 0 Å². The van der Waals surface area contributed by atoms with Crippen LogP contribution in [0.25, 0.3) is 16.9 Å². The number of hydrogen-bond donors (Lipinski definition) is 2. The van der Waals surface area contributed by atoms with Crippen LogP contribution in [0.2, 0.25) is 0 Å². The van der Waals surface area contributed by atoms with Gasteiger partial charge in [0, 0.05) is 30.4 Å². The van der Waals surface area contributed by atoms with E-state index in [4.69, 9.17) is 4.74 Å². The maximum Gasteiger partial charge on any atom is 0.321 e. The first-order chi connectivity index (χ1) is 17.1. The zero-order valence-electron chi connectivity index (χ0n) is 19.0. The maximum atomic E-state index is 13.1. The summed E-state index contributed by atoms with van der Waals surface area (Å²) in [5.74, 6) is 0.478. The summed E-state index contributed by atoms with van der Waals surface area (Å²) in [5.41, 5.74) is 5.03. The molecule has 4 aromatic rings. The smallest absolute Gasteiger partial charge is 0.321 e. The first kappa shape index (κ1) is 22.1. The molecule has 4 amide bonds. The van der Waals surface area contributed by atoms with Gasteiger partial charge in [0.2, 0.25) is 6.41 Å². The lowest BCUT2D eigenvalue weighted by Crippen LogP contribution is -2.42. The number of benzene rings is 2. The summed E-state index contributed by atoms with van der Waals surface area (Å²) < 4.78 is 7.24. The van der Waals surface area contributed by atoms with Crippen molar-refractivity contribution in [3.8, 4) is 17.0 Å². The van der Waals surface area contributed by atoms with Crippen LogP contribution in [0.3, 0.4) is 0 Å². The van der Waals surface area contributed by atoms with Gasteiger partial charge < -0.3 is 15.0 Å². The number of imidazole rings is 1. The van der Waals surface area contributed by atoms with Crippen molar-refractivity contribution in [3.05, 3.63) is 89.7 Å². The number of urea groups is 1. The molecule has 0 saturated heterocycles. The summed E-state index contributed by atoms with van der Waals surface area (Å²) in [6.45, 7) is 0.655. The second-order valence-electron chi connectivity index (χ2n) is 8.19. The number of carbonyl (C=O) groups excluding carboxylic acids is 3. The van der Waals surface area contributed by atoms with Gasteiger partial charge in [0.25, 0.3) is 5.91 Å². The molecule has 5 rings (SSSR count). The molecule has 176 valence electrons. The second kappa shape index (κ2) is 9.30. The van der Waals surface area contributed by atoms with E-state index in [0.29, 0.717) is 24.3 Å². The second-order valence-corrected chi connectivity index (χ2v) is 8.19. The van der Waals surface area contributed by atoms with Crippen molar-refractivity contribution >= 4 is 24.0 Å². The molecule has 9 heteroatoms. The Morgan fingerprint density at radius 3 is 2.77 bits per heavy atom. The van der Waals surface area contributed by atoms with Crippen LogP contribution in [-0.4, -0.2) is 46.3 Å². The number of amides is 4. The third kappa shape index (κ3) is 4.31. The molecule has 1 aliphatic rings. The molecule has 1 aliphatic heterocycles. The standard InChI is InChI=1S/C26H23N5O4/c1-35-20-10-9-19-14-30(25(33)21(19)12-20)15-22(29-26(34)28-16-32)17-5-7-18(8-6-17)23-13-27-24-4-2-3-11-31(23)24/h2-13,16,22H,14-15H2,1H3,(H2,28,29,32,34)/t22-/m0/s1. The summed E-state index contributed by atoms with van der Waals surface area (Å²) in [5, 5.41) is 4.90. The molecule has 0 spiro atoms. The number of imide groups is 1. The van der Waals surface area contributed by atoms with Gasteiger partial charge in [-0.25, -0.2) is 9.78 Å². The number of aromatic nitrogens is 2. The number of fused-ring (bicyclic) bond motifs is 2. The number of ether oxygens (including phenoxy) is 1. The molecule has 0 radical (unpaired) electrons. The minimum Gasteiger partial charge on any atom is -0.497 e. The average molecular weight is 470 g/mol. The van der Waals surface area contributed by atoms with Gasteiger partial charge in [-0.2, -0.15) is 0 Å². The van der Waals surface area contributed by atoms with E-state index in [-0.39, 0.29) is 12.5 Å². The van der Waals surface area contributed by atoms with E-state index in [0.717, 1.165) is 28.0 Å². The van der Waals surface area contributed by atoms with Crippen molar-refractivity contribution in [3.63, 3.8) is 0 Å². The highest BCUT2D eigenvalue weighted by atomic mass is 16.5. The van der Waals surface area contributed by atoms with Gasteiger partial charge in [0.1, 0.15) is 11.4 Å². The van der Waals surface area contributed by atoms with E-state index in [1.165, 1.54) is 0 Å². The molecule has 35 heavy (non-hydrogen) atoms. The quantitative estimate of drug-likeness (QED) is 0.405. The Labute approximate surface area is 201 Å². The summed E-state index contributed by atoms with van der Waals surface area (Å²) >= 11 is 0. The predicted octanol–water partition coefficient (Wildman–Crippen LogP) is 3.16. The molecule has 3 heterocycles. The minimum absolute atomic E-state index is 0.135. The van der Waals surface area contributed by atoms with Crippen LogP contribution in [0, 0.1) is 0 Å². The molecule has 0 unspecified atom stereocenters. The van der Waals surface area contributed by atoms with Gasteiger partial charge in [-0.15, -0.1) is 0 Å². The molecule has 0 bridgehead atoms. The highest BCUT2D eigenvalue weighted by Gasteiger charge is 2.30. The van der Waals surface area contributed by atoms with Crippen LogP contribution in [0.1, 0.15) is 27.5 Å². The molecular formula is C26H23N5O4. The van der Waals surface area contributed by atoms with Crippen LogP contribution < -0.4 is 15.4 Å². The van der Waals surface area contributed by atoms with Gasteiger partial charge >= 0.3 is 6.03 Å². The fourth-order valence-corrected chi connectivity index (χ4v) is 4.36. The van der Waals surface area contributed by atoms with E-state index in [1.807, 2.05) is 71.4 Å². The molecule has 2 aromatic carbocycles. The van der Waals surface area contributed by atoms with Gasteiger partial charge in [-0.1, -0.05) is 36.4 Å². The molecule has 0 fully saturated rings. The zero-order chi connectivity index (χ0) is 24.4. The monoisotopic (exact) mass is 469 g/mol. The number of nitrogens with one attached hydrogen (secondary N) is 2. The summed E-state index contributed by atoms with van der Waals surface area (Å²) in [6.07, 6.45) is 4.08. The number of nitrogens with zero attached hydrogens (tertiary/aromatic N) is 3. The molecule has 9 nitrogen and oxygen atoms in total. The third-order valence-electron chi connectivity index (χ3n) is 6.12. The first-order valence-electron chi connectivity index (χ1n) is 11.1. The van der Waals surface area contributed by atoms with Gasteiger partial charge in [0.15, 0.2) is 0 Å². The van der Waals surface area contributed by atoms with Crippen molar-refractivity contribution in [1.82, 2.24) is 24.9 Å². The topological polar surface area (TPSA) is 105 Å². The Balaban J connectivity index is 1.40. The fraction of sp³-hybridized carbons (Fsp3) is 0.154. The lowest BCUT2D eigenvalue weighted by Gasteiger charge is -2.25. The Morgan fingerprint density at radius 1 is 1.17 bits per heavy atom. The average Bonchev–Trinajstić information content (AvgIpc) is 3.45. The van der Waals surface area contributed by atoms with E-state index < -0.39 is 12.1 Å². The molecule has 1 atom stereocenters. The van der Waals surface area contributed by atoms with Gasteiger partial charge in [-0.05, 0) is 35.4 Å². The van der Waals surface area contributed by atoms with Crippen LogP contribution in [0.15, 0.2) is 73.1 Å². The SMILES string of the molecule is COc1ccc2c(c1)C(=O)N(C[C@H](NC(=O)NC=O)c1ccc(-c3cnc4ccccn34)cc1)C2. The third-order valence-corrected chi connectivity index (χ3v) is 6.12. The molecular weight excluding hydrogens is 446 g/mol. The van der Waals surface area contributed by atoms with Crippen LogP contribution in [0.5, 0.6) is 5.75 Å². The Morgan fingerprint density at radius 2 is 2.00 bits per heavy atom. The summed E-state index contributed by atoms with van der Waals surface area (Å²) in [7, 11) is 1.56. The summed E-state index contributed by atoms with van der Waals surface area (Å²) in [6, 6.07) is 17.8. The molecule has 2 N–H and O–H groups in total. The lowest BCUT2D eigenvalue weighted by molar-refractivity contribution is -0.108. The molecule has 0 saturated carbocycles. The largest absolute Gasteiger partial charge is 0.497 e. The van der Waals surface area contributed by atoms with Crippen molar-refractivity contribution in [1.29, 1.82) is 0 Å². The van der Waals surface area contributed by atoms with Crippen molar-refractivity contribution in [2.75, 3.05) is 13.7 Å². The fourth-order valence-electron chi connectivity index (χ4n) is 4.36. The van der Waals surface area contributed by atoms with Crippen molar-refractivity contribution in [2.24, 2.45) is 0 Å². The number of rotatable bonds is 7. The number of methoxy groups -OCH3 is 1. The zero-order valence-corrected chi connectivity index (χ0v) is 19.0. The molecule has 2 aromatic heterocycles. The van der Waals surface area contributed by atoms with E-state index in [1.54, 1.807) is 18.1 Å². The minimum atomic E-state index is -0.637. The van der Waals surface area contributed by atoms with E-state index >= 15 is 0 Å². The Hall–Kier alpha value is -4.66. The number of pyridine rings is 1. The molecule has 0 aliphatic carbocycles. The van der Waals surface area contributed by atoms with E-state index in [2.05, 4.69) is 15.6 Å². The normalized spacial score (nSPS) is 13.4. The highest BCUT2D eigenvalue weighted by Crippen LogP contribution is 2.29. The number of carbonyl (C=O) groups is 3. The first-order valence-corrected chi connectivity index (χ1v) is 11.1. The van der Waals surface area contributed by atoms with Crippen LogP contribution in [-0.2, 0) is 11.3 Å². The van der Waals surface area contributed by atoms with Gasteiger partial charge in [-0.3, -0.25) is 19.3 Å². The van der Waals surface area contributed by atoms with Crippen molar-refractivity contribution < 1.29 is 19.1 Å². The van der Waals surface area contributed by atoms with Crippen LogP contribution in [0.4, 0.5) is 4.79 Å². The Bertz CT molecular complexity index is 1410. The highest BCUT2D eigenvalue weighted by molar-refractivity contribution is 5.98. The maximum absolute atomic E-state index is 13.1. The number of hydrogen-bond acceptors (Lipinski definition) is 5. The van der Waals surface area contributed by atoms with E-state index in [9.17, 15) is 14.4 Å². The predicted molar refractivity (Wildman–Crippen MR) is 129 cm³/mol. The Kier molecular flexibility index (Phi) is 5.88. The lowest BCUT2D eigenvalue weighted by atomic mass is 10.0. The summed E-state index contributed by atoms with van der Waals surface area (Å²) in [4.78, 5) is 42.1.